The van der Waals surface area contributed by atoms with Crippen LogP contribution in [0.15, 0.2) is 47.7 Å². The molecule has 1 atom stereocenters. The van der Waals surface area contributed by atoms with Crippen LogP contribution in [0.1, 0.15) is 24.6 Å². The van der Waals surface area contributed by atoms with Crippen molar-refractivity contribution >= 4 is 28.6 Å². The van der Waals surface area contributed by atoms with E-state index in [0.717, 1.165) is 35.0 Å². The Labute approximate surface area is 173 Å². The Hall–Kier alpha value is -2.71. The van der Waals surface area contributed by atoms with Gasteiger partial charge in [0.2, 0.25) is 0 Å². The number of aromatic nitrogens is 2. The Balaban J connectivity index is 1.78. The highest BCUT2D eigenvalue weighted by atomic mass is 32.1. The Kier molecular flexibility index (Phi) is 6.34. The standard InChI is InChI=1S/C21H22F2N4OS/c1-12-7-17(20(29)10-16(12)19-5-6-25-27(19)2)21(28)26-15(11-24)9-13-8-14(22)3-4-18(13)23/h3-8,15H,9-11,24H2,1-2H3,(H,26,28)/t15-/m0/s1. The largest absolute Gasteiger partial charge is 0.348 e. The molecule has 5 nitrogen and oxygen atoms in total. The molecule has 0 saturated carbocycles. The second-order valence-corrected chi connectivity index (χ2v) is 7.50. The molecule has 29 heavy (non-hydrogen) atoms. The number of thiocarbonyl (C=S) groups is 1. The molecular formula is C21H22F2N4OS. The first-order valence-electron chi connectivity index (χ1n) is 9.18. The number of benzene rings is 1. The molecule has 3 rings (SSSR count). The molecule has 0 spiro atoms. The third-order valence-corrected chi connectivity index (χ3v) is 5.31. The van der Waals surface area contributed by atoms with Gasteiger partial charge in [0.15, 0.2) is 0 Å². The fourth-order valence-electron chi connectivity index (χ4n) is 3.36. The summed E-state index contributed by atoms with van der Waals surface area (Å²) in [6.45, 7) is 2.00. The van der Waals surface area contributed by atoms with Crippen LogP contribution in [-0.4, -0.2) is 33.1 Å². The highest BCUT2D eigenvalue weighted by Crippen LogP contribution is 2.30. The third-order valence-electron chi connectivity index (χ3n) is 4.94. The number of hydrogen-bond acceptors (Lipinski definition) is 4. The van der Waals surface area contributed by atoms with Crippen LogP contribution in [0.25, 0.3) is 5.57 Å². The maximum Gasteiger partial charge on any atom is 0.252 e. The lowest BCUT2D eigenvalue weighted by Gasteiger charge is -2.22. The molecule has 0 bridgehead atoms. The minimum atomic E-state index is -0.551. The van der Waals surface area contributed by atoms with E-state index in [2.05, 4.69) is 10.4 Å². The van der Waals surface area contributed by atoms with Crippen LogP contribution in [-0.2, 0) is 18.3 Å². The Bertz CT molecular complexity index is 1030. The van der Waals surface area contributed by atoms with Gasteiger partial charge >= 0.3 is 0 Å². The number of nitrogens with zero attached hydrogens (tertiary/aromatic N) is 2. The molecule has 0 unspecified atom stereocenters. The van der Waals surface area contributed by atoms with Gasteiger partial charge in [-0.15, -0.1) is 0 Å². The topological polar surface area (TPSA) is 72.9 Å². The zero-order chi connectivity index (χ0) is 21.1. The van der Waals surface area contributed by atoms with Crippen LogP contribution in [0.2, 0.25) is 0 Å². The van der Waals surface area contributed by atoms with Crippen molar-refractivity contribution in [2.24, 2.45) is 12.8 Å². The number of halogens is 2. The van der Waals surface area contributed by atoms with Gasteiger partial charge in [0.25, 0.3) is 5.91 Å². The maximum absolute atomic E-state index is 13.9. The number of carbonyl (C=O) groups is 1. The van der Waals surface area contributed by atoms with Crippen LogP contribution in [0.5, 0.6) is 0 Å². The first-order chi connectivity index (χ1) is 13.8. The SMILES string of the molecule is CC1=C(c2ccnn2C)CC(=S)C(C(=O)N[C@H](CN)Cc2cc(F)ccc2F)=C1. The van der Waals surface area contributed by atoms with Gasteiger partial charge in [-0.25, -0.2) is 8.78 Å². The van der Waals surface area contributed by atoms with Crippen molar-refractivity contribution in [3.63, 3.8) is 0 Å². The molecule has 152 valence electrons. The van der Waals surface area contributed by atoms with Crippen molar-refractivity contribution in [2.45, 2.75) is 25.8 Å². The second kappa shape index (κ2) is 8.75. The number of nitrogens with one attached hydrogen (secondary N) is 1. The highest BCUT2D eigenvalue weighted by Gasteiger charge is 2.25. The van der Waals surface area contributed by atoms with Gasteiger partial charge in [-0.05, 0) is 60.4 Å². The average molecular weight is 416 g/mol. The molecule has 2 aromatic rings. The van der Waals surface area contributed by atoms with E-state index in [0.29, 0.717) is 16.9 Å². The molecule has 0 aliphatic heterocycles. The van der Waals surface area contributed by atoms with Gasteiger partial charge in [0, 0.05) is 37.1 Å². The van der Waals surface area contributed by atoms with Crippen molar-refractivity contribution in [1.29, 1.82) is 0 Å². The average Bonchev–Trinajstić information content (AvgIpc) is 3.11. The number of rotatable bonds is 6. The summed E-state index contributed by atoms with van der Waals surface area (Å²) < 4.78 is 29.1. The van der Waals surface area contributed by atoms with Gasteiger partial charge in [-0.1, -0.05) is 12.2 Å². The summed E-state index contributed by atoms with van der Waals surface area (Å²) in [5, 5.41) is 6.97. The predicted octanol–water partition coefficient (Wildman–Crippen LogP) is 2.86. The Morgan fingerprint density at radius 1 is 1.38 bits per heavy atom. The number of allylic oxidation sites excluding steroid dienone is 3. The van der Waals surface area contributed by atoms with Gasteiger partial charge in [0.05, 0.1) is 11.3 Å². The predicted molar refractivity (Wildman–Crippen MR) is 112 cm³/mol. The zero-order valence-electron chi connectivity index (χ0n) is 16.2. The fraction of sp³-hybridized carbons (Fsp3) is 0.286. The van der Waals surface area contributed by atoms with E-state index >= 15 is 0 Å². The van der Waals surface area contributed by atoms with Crippen molar-refractivity contribution in [1.82, 2.24) is 15.1 Å². The van der Waals surface area contributed by atoms with Crippen LogP contribution in [0, 0.1) is 11.6 Å². The number of carbonyl (C=O) groups excluding carboxylic acids is 1. The molecule has 8 heteroatoms. The van der Waals surface area contributed by atoms with Crippen LogP contribution >= 0.6 is 12.2 Å². The summed E-state index contributed by atoms with van der Waals surface area (Å²) in [7, 11) is 1.85. The normalized spacial score (nSPS) is 15.3. The van der Waals surface area contributed by atoms with Crippen molar-refractivity contribution in [2.75, 3.05) is 6.54 Å². The second-order valence-electron chi connectivity index (χ2n) is 7.01. The smallest absolute Gasteiger partial charge is 0.252 e. The molecule has 1 aromatic carbocycles. The van der Waals surface area contributed by atoms with Gasteiger partial charge in [-0.2, -0.15) is 5.10 Å². The molecule has 1 heterocycles. The van der Waals surface area contributed by atoms with Gasteiger partial charge in [0.1, 0.15) is 11.6 Å². The first kappa shape index (κ1) is 21.0. The molecule has 1 aliphatic carbocycles. The van der Waals surface area contributed by atoms with Crippen molar-refractivity contribution in [3.8, 4) is 0 Å². The summed E-state index contributed by atoms with van der Waals surface area (Å²) in [6.07, 6.45) is 3.99. The number of aryl methyl sites for hydroxylation is 1. The lowest BCUT2D eigenvalue weighted by molar-refractivity contribution is -0.117. The summed E-state index contributed by atoms with van der Waals surface area (Å²) in [6, 6.07) is 4.58. The fourth-order valence-corrected chi connectivity index (χ4v) is 3.65. The van der Waals surface area contributed by atoms with Crippen LogP contribution in [0.3, 0.4) is 0 Å². The maximum atomic E-state index is 13.9. The lowest BCUT2D eigenvalue weighted by atomic mass is 9.90. The molecule has 1 aromatic heterocycles. The Morgan fingerprint density at radius 2 is 2.14 bits per heavy atom. The highest BCUT2D eigenvalue weighted by molar-refractivity contribution is 7.81. The molecule has 1 amide bonds. The van der Waals surface area contributed by atoms with Crippen LogP contribution in [0.4, 0.5) is 8.78 Å². The molecule has 0 fully saturated rings. The Morgan fingerprint density at radius 3 is 2.79 bits per heavy atom. The van der Waals surface area contributed by atoms with E-state index in [9.17, 15) is 13.6 Å². The third kappa shape index (κ3) is 4.65. The molecule has 1 aliphatic rings. The van der Waals surface area contributed by atoms with Crippen molar-refractivity contribution < 1.29 is 13.6 Å². The van der Waals surface area contributed by atoms with Crippen molar-refractivity contribution in [3.05, 3.63) is 70.6 Å². The first-order valence-corrected chi connectivity index (χ1v) is 9.58. The molecule has 0 saturated heterocycles. The van der Waals surface area contributed by atoms with Crippen LogP contribution < -0.4 is 11.1 Å². The van der Waals surface area contributed by atoms with E-state index < -0.39 is 17.7 Å². The summed E-state index contributed by atoms with van der Waals surface area (Å²) >= 11 is 5.47. The molecule has 3 N–H and O–H groups in total. The lowest BCUT2D eigenvalue weighted by Crippen LogP contribution is -2.43. The minimum Gasteiger partial charge on any atom is -0.348 e. The number of hydrogen-bond donors (Lipinski definition) is 2. The summed E-state index contributed by atoms with van der Waals surface area (Å²) in [4.78, 5) is 13.3. The van der Waals surface area contributed by atoms with E-state index in [-0.39, 0.29) is 24.4 Å². The monoisotopic (exact) mass is 416 g/mol. The molecule has 0 radical (unpaired) electrons. The number of amides is 1. The van der Waals surface area contributed by atoms with Gasteiger partial charge < -0.3 is 11.1 Å². The zero-order valence-corrected chi connectivity index (χ0v) is 17.0. The van der Waals surface area contributed by atoms with E-state index in [1.165, 1.54) is 0 Å². The quantitative estimate of drug-likeness (QED) is 0.711. The molecular weight excluding hydrogens is 394 g/mol. The number of nitrogens with two attached hydrogens (primary N) is 1. The summed E-state index contributed by atoms with van der Waals surface area (Å²) in [5.74, 6) is -1.44. The van der Waals surface area contributed by atoms with Gasteiger partial charge in [-0.3, -0.25) is 9.48 Å². The van der Waals surface area contributed by atoms with E-state index in [1.54, 1.807) is 17.0 Å². The minimum absolute atomic E-state index is 0.0802. The van der Waals surface area contributed by atoms with E-state index in [1.807, 2.05) is 20.0 Å². The van der Waals surface area contributed by atoms with E-state index in [4.69, 9.17) is 18.0 Å². The summed E-state index contributed by atoms with van der Waals surface area (Å²) in [5.41, 5.74) is 9.19.